The van der Waals surface area contributed by atoms with E-state index in [1.54, 1.807) is 19.1 Å². The van der Waals surface area contributed by atoms with Crippen LogP contribution in [0.1, 0.15) is 23.0 Å². The van der Waals surface area contributed by atoms with Crippen molar-refractivity contribution >= 4 is 28.3 Å². The van der Waals surface area contributed by atoms with Crippen LogP contribution in [0, 0.1) is 6.92 Å². The monoisotopic (exact) mass is 236 g/mol. The van der Waals surface area contributed by atoms with E-state index in [1.807, 2.05) is 13.0 Å². The molecule has 0 radical (unpaired) electrons. The zero-order chi connectivity index (χ0) is 11.9. The highest BCUT2D eigenvalue weighted by Crippen LogP contribution is 2.26. The van der Waals surface area contributed by atoms with Crippen LogP contribution in [0.4, 0.5) is 0 Å². The van der Waals surface area contributed by atoms with Gasteiger partial charge < -0.3 is 10.7 Å². The molecule has 0 aliphatic rings. The van der Waals surface area contributed by atoms with Gasteiger partial charge in [0.2, 0.25) is 0 Å². The summed E-state index contributed by atoms with van der Waals surface area (Å²) in [6, 6.07) is 4.94. The number of benzene rings is 1. The highest BCUT2D eigenvalue weighted by Gasteiger charge is 2.18. The number of Topliss-reactive ketones (excluding diaryl/α,β-unsaturated/α-hetero) is 1. The Morgan fingerprint density at radius 1 is 1.50 bits per heavy atom. The SMILES string of the molecule is Cc1[nH]c2ccc(Cl)cc2c1C(=O)C(C)N. The maximum Gasteiger partial charge on any atom is 0.181 e. The number of carbonyl (C=O) groups is 1. The summed E-state index contributed by atoms with van der Waals surface area (Å²) in [6.07, 6.45) is 0. The molecule has 4 heteroatoms. The van der Waals surface area contributed by atoms with Crippen molar-refractivity contribution in [3.63, 3.8) is 0 Å². The minimum absolute atomic E-state index is 0.0639. The molecule has 1 unspecified atom stereocenters. The quantitative estimate of drug-likeness (QED) is 0.788. The Kier molecular flexibility index (Phi) is 2.74. The number of aromatic nitrogens is 1. The van der Waals surface area contributed by atoms with E-state index in [2.05, 4.69) is 4.98 Å². The summed E-state index contributed by atoms with van der Waals surface area (Å²) in [5.41, 5.74) is 8.02. The third kappa shape index (κ3) is 1.72. The lowest BCUT2D eigenvalue weighted by molar-refractivity contribution is 0.0969. The molecule has 0 saturated carbocycles. The Balaban J connectivity index is 2.72. The van der Waals surface area contributed by atoms with Crippen molar-refractivity contribution in [3.05, 3.63) is 34.5 Å². The van der Waals surface area contributed by atoms with Gasteiger partial charge in [-0.15, -0.1) is 0 Å². The summed E-state index contributed by atoms with van der Waals surface area (Å²) >= 11 is 5.93. The molecule has 3 N–H and O–H groups in total. The first kappa shape index (κ1) is 11.2. The van der Waals surface area contributed by atoms with E-state index < -0.39 is 6.04 Å². The van der Waals surface area contributed by atoms with Crippen molar-refractivity contribution < 1.29 is 4.79 Å². The molecule has 1 aromatic heterocycles. The second-order valence-electron chi connectivity index (χ2n) is 3.97. The molecule has 0 bridgehead atoms. The highest BCUT2D eigenvalue weighted by atomic mass is 35.5. The lowest BCUT2D eigenvalue weighted by Crippen LogP contribution is -2.27. The number of rotatable bonds is 2. The third-order valence-corrected chi connectivity index (χ3v) is 2.84. The molecule has 84 valence electrons. The van der Waals surface area contributed by atoms with E-state index in [9.17, 15) is 4.79 Å². The van der Waals surface area contributed by atoms with E-state index in [4.69, 9.17) is 17.3 Å². The van der Waals surface area contributed by atoms with Crippen molar-refractivity contribution in [3.8, 4) is 0 Å². The second kappa shape index (κ2) is 3.92. The zero-order valence-electron chi connectivity index (χ0n) is 9.17. The number of ketones is 1. The molecule has 0 aliphatic heterocycles. The summed E-state index contributed by atoms with van der Waals surface area (Å²) in [7, 11) is 0. The van der Waals surface area contributed by atoms with Crippen LogP contribution in [0.25, 0.3) is 10.9 Å². The Hall–Kier alpha value is -1.32. The lowest BCUT2D eigenvalue weighted by atomic mass is 10.0. The molecule has 16 heavy (non-hydrogen) atoms. The number of halogens is 1. The molecule has 0 saturated heterocycles. The zero-order valence-corrected chi connectivity index (χ0v) is 9.93. The Morgan fingerprint density at radius 3 is 2.81 bits per heavy atom. The van der Waals surface area contributed by atoms with Gasteiger partial charge >= 0.3 is 0 Å². The number of nitrogens with one attached hydrogen (secondary N) is 1. The normalized spacial score (nSPS) is 13.0. The molecule has 0 fully saturated rings. The average Bonchev–Trinajstić information content (AvgIpc) is 2.52. The van der Waals surface area contributed by atoms with Gasteiger partial charge in [-0.25, -0.2) is 0 Å². The van der Waals surface area contributed by atoms with Crippen LogP contribution in [0.15, 0.2) is 18.2 Å². The van der Waals surface area contributed by atoms with E-state index in [0.717, 1.165) is 16.6 Å². The van der Waals surface area contributed by atoms with Crippen molar-refractivity contribution in [2.24, 2.45) is 5.73 Å². The molecule has 3 nitrogen and oxygen atoms in total. The molecule has 2 aromatic rings. The fourth-order valence-electron chi connectivity index (χ4n) is 1.84. The van der Waals surface area contributed by atoms with Crippen LogP contribution < -0.4 is 5.73 Å². The fourth-order valence-corrected chi connectivity index (χ4v) is 2.02. The first-order valence-corrected chi connectivity index (χ1v) is 5.46. The molecular weight excluding hydrogens is 224 g/mol. The standard InChI is InChI=1S/C12H13ClN2O/c1-6(14)12(16)11-7(2)15-10-4-3-8(13)5-9(10)11/h3-6,15H,14H2,1-2H3. The molecule has 0 spiro atoms. The summed E-state index contributed by atoms with van der Waals surface area (Å²) in [5.74, 6) is -0.0639. The van der Waals surface area contributed by atoms with E-state index in [1.165, 1.54) is 0 Å². The maximum absolute atomic E-state index is 12.0. The number of hydrogen-bond acceptors (Lipinski definition) is 2. The summed E-state index contributed by atoms with van der Waals surface area (Å²) in [4.78, 5) is 15.1. The lowest BCUT2D eigenvalue weighted by Gasteiger charge is -2.04. The van der Waals surface area contributed by atoms with Gasteiger partial charge in [-0.05, 0) is 32.0 Å². The molecule has 1 heterocycles. The number of carbonyl (C=O) groups excluding carboxylic acids is 1. The van der Waals surface area contributed by atoms with Gasteiger partial charge in [0.25, 0.3) is 0 Å². The first-order chi connectivity index (χ1) is 7.50. The largest absolute Gasteiger partial charge is 0.358 e. The van der Waals surface area contributed by atoms with Crippen LogP contribution in [0.3, 0.4) is 0 Å². The summed E-state index contributed by atoms with van der Waals surface area (Å²) in [5, 5.41) is 1.46. The molecule has 2 rings (SSSR count). The van der Waals surface area contributed by atoms with Crippen molar-refractivity contribution in [1.82, 2.24) is 4.98 Å². The minimum atomic E-state index is -0.503. The Morgan fingerprint density at radius 2 is 2.19 bits per heavy atom. The van der Waals surface area contributed by atoms with E-state index >= 15 is 0 Å². The minimum Gasteiger partial charge on any atom is -0.358 e. The number of fused-ring (bicyclic) bond motifs is 1. The second-order valence-corrected chi connectivity index (χ2v) is 4.40. The van der Waals surface area contributed by atoms with E-state index in [0.29, 0.717) is 10.6 Å². The van der Waals surface area contributed by atoms with Crippen molar-refractivity contribution in [2.45, 2.75) is 19.9 Å². The maximum atomic E-state index is 12.0. The highest BCUT2D eigenvalue weighted by molar-refractivity contribution is 6.31. The number of hydrogen-bond donors (Lipinski definition) is 2. The molecule has 1 aromatic carbocycles. The van der Waals surface area contributed by atoms with Gasteiger partial charge in [0.1, 0.15) is 0 Å². The number of nitrogens with two attached hydrogens (primary N) is 1. The van der Waals surface area contributed by atoms with Crippen LogP contribution >= 0.6 is 11.6 Å². The van der Waals surface area contributed by atoms with Gasteiger partial charge in [-0.1, -0.05) is 11.6 Å². The van der Waals surface area contributed by atoms with Gasteiger partial charge in [-0.2, -0.15) is 0 Å². The first-order valence-electron chi connectivity index (χ1n) is 5.08. The van der Waals surface area contributed by atoms with Gasteiger partial charge in [0, 0.05) is 27.2 Å². The molecule has 1 atom stereocenters. The van der Waals surface area contributed by atoms with Crippen LogP contribution in [0.2, 0.25) is 5.02 Å². The number of aromatic amines is 1. The number of H-pyrrole nitrogens is 1. The van der Waals surface area contributed by atoms with Crippen molar-refractivity contribution in [1.29, 1.82) is 0 Å². The smallest absolute Gasteiger partial charge is 0.181 e. The van der Waals surface area contributed by atoms with Gasteiger partial charge in [0.05, 0.1) is 6.04 Å². The van der Waals surface area contributed by atoms with Gasteiger partial charge in [-0.3, -0.25) is 4.79 Å². The Bertz CT molecular complexity index is 557. The third-order valence-electron chi connectivity index (χ3n) is 2.61. The number of aryl methyl sites for hydroxylation is 1. The van der Waals surface area contributed by atoms with E-state index in [-0.39, 0.29) is 5.78 Å². The van der Waals surface area contributed by atoms with Gasteiger partial charge in [0.15, 0.2) is 5.78 Å². The predicted molar refractivity (Wildman–Crippen MR) is 66.0 cm³/mol. The van der Waals surface area contributed by atoms with Crippen LogP contribution in [-0.2, 0) is 0 Å². The average molecular weight is 237 g/mol. The predicted octanol–water partition coefficient (Wildman–Crippen LogP) is 2.66. The topological polar surface area (TPSA) is 58.9 Å². The van der Waals surface area contributed by atoms with Crippen LogP contribution in [-0.4, -0.2) is 16.8 Å². The summed E-state index contributed by atoms with van der Waals surface area (Å²) < 4.78 is 0. The summed E-state index contributed by atoms with van der Waals surface area (Å²) in [6.45, 7) is 3.55. The Labute approximate surface area is 98.6 Å². The van der Waals surface area contributed by atoms with Crippen LogP contribution in [0.5, 0.6) is 0 Å². The van der Waals surface area contributed by atoms with Crippen molar-refractivity contribution in [2.75, 3.05) is 0 Å². The molecule has 0 aliphatic carbocycles. The molecular formula is C12H13ClN2O. The fraction of sp³-hybridized carbons (Fsp3) is 0.250. The molecule has 0 amide bonds.